The standard InChI is InChI=1S/C10H12FN5O5/c1-15-5(18)2-3-16(9(15)20)8-6(11)7(19)10(4-17,21-8)13-14-12/h2-3,6-8,17,19H,4H2,1H3/t6-,7-,8+,10+/m0/s1. The van der Waals surface area contributed by atoms with Crippen molar-refractivity contribution in [1.82, 2.24) is 9.13 Å². The van der Waals surface area contributed by atoms with Crippen molar-refractivity contribution in [2.45, 2.75) is 24.2 Å². The molecule has 1 aromatic heterocycles. The molecule has 0 saturated carbocycles. The van der Waals surface area contributed by atoms with Crippen LogP contribution in [0, 0.1) is 0 Å². The predicted molar refractivity (Wildman–Crippen MR) is 65.9 cm³/mol. The fourth-order valence-electron chi connectivity index (χ4n) is 2.06. The molecule has 1 saturated heterocycles. The van der Waals surface area contributed by atoms with Crippen LogP contribution < -0.4 is 11.2 Å². The van der Waals surface area contributed by atoms with Gasteiger partial charge in [0.25, 0.3) is 5.56 Å². The van der Waals surface area contributed by atoms with Crippen molar-refractivity contribution in [3.63, 3.8) is 0 Å². The summed E-state index contributed by atoms with van der Waals surface area (Å²) in [6.07, 6.45) is -4.75. The van der Waals surface area contributed by atoms with Gasteiger partial charge in [-0.25, -0.2) is 9.18 Å². The molecule has 4 atom stereocenters. The van der Waals surface area contributed by atoms with Crippen LogP contribution in [0.2, 0.25) is 0 Å². The summed E-state index contributed by atoms with van der Waals surface area (Å²) in [5, 5.41) is 22.1. The first kappa shape index (κ1) is 15.2. The van der Waals surface area contributed by atoms with E-state index in [0.717, 1.165) is 21.4 Å². The molecule has 2 rings (SSSR count). The van der Waals surface area contributed by atoms with Gasteiger partial charge in [-0.2, -0.15) is 0 Å². The van der Waals surface area contributed by atoms with Crippen molar-refractivity contribution >= 4 is 0 Å². The van der Waals surface area contributed by atoms with Crippen LogP contribution in [0.4, 0.5) is 4.39 Å². The number of azide groups is 1. The minimum atomic E-state index is -2.23. The summed E-state index contributed by atoms with van der Waals surface area (Å²) >= 11 is 0. The lowest BCUT2D eigenvalue weighted by atomic mass is 10.1. The molecule has 2 N–H and O–H groups in total. The van der Waals surface area contributed by atoms with Crippen molar-refractivity contribution in [1.29, 1.82) is 0 Å². The van der Waals surface area contributed by atoms with Crippen molar-refractivity contribution in [3.05, 3.63) is 43.5 Å². The Morgan fingerprint density at radius 1 is 1.62 bits per heavy atom. The molecule has 0 aliphatic carbocycles. The number of ether oxygens (including phenoxy) is 1. The maximum atomic E-state index is 14.2. The summed E-state index contributed by atoms with van der Waals surface area (Å²) in [4.78, 5) is 25.6. The molecule has 1 fully saturated rings. The van der Waals surface area contributed by atoms with E-state index in [0.29, 0.717) is 0 Å². The Balaban J connectivity index is 2.52. The largest absolute Gasteiger partial charge is 0.393 e. The van der Waals surface area contributed by atoms with Crippen LogP contribution in [0.15, 0.2) is 27.0 Å². The Hall–Kier alpha value is -2.20. The van der Waals surface area contributed by atoms with Gasteiger partial charge in [-0.1, -0.05) is 5.11 Å². The maximum Gasteiger partial charge on any atom is 0.332 e. The summed E-state index contributed by atoms with van der Waals surface area (Å²) in [7, 11) is 1.19. The van der Waals surface area contributed by atoms with Crippen LogP contribution in [0.25, 0.3) is 10.4 Å². The first-order valence-electron chi connectivity index (χ1n) is 5.83. The number of aromatic nitrogens is 2. The monoisotopic (exact) mass is 301 g/mol. The number of halogens is 1. The Kier molecular flexibility index (Phi) is 3.83. The number of nitrogens with zero attached hydrogens (tertiary/aromatic N) is 5. The van der Waals surface area contributed by atoms with Gasteiger partial charge in [0, 0.05) is 24.2 Å². The van der Waals surface area contributed by atoms with E-state index in [4.69, 9.17) is 10.3 Å². The number of aliphatic hydroxyl groups is 2. The summed E-state index contributed by atoms with van der Waals surface area (Å²) in [5.41, 5.74) is 4.73. The maximum absolute atomic E-state index is 14.2. The molecule has 21 heavy (non-hydrogen) atoms. The van der Waals surface area contributed by atoms with Crippen LogP contribution in [0.5, 0.6) is 0 Å². The van der Waals surface area contributed by atoms with Crippen LogP contribution in [-0.2, 0) is 11.8 Å². The third-order valence-corrected chi connectivity index (χ3v) is 3.29. The van der Waals surface area contributed by atoms with Gasteiger partial charge in [0.05, 0.1) is 6.61 Å². The van der Waals surface area contributed by atoms with Crippen LogP contribution in [0.3, 0.4) is 0 Å². The van der Waals surface area contributed by atoms with Gasteiger partial charge in [-0.3, -0.25) is 13.9 Å². The summed E-state index contributed by atoms with van der Waals surface area (Å²) in [5.74, 6) is 0. The Bertz CT molecular complexity index is 711. The summed E-state index contributed by atoms with van der Waals surface area (Å²) < 4.78 is 20.7. The second kappa shape index (κ2) is 5.30. The van der Waals surface area contributed by atoms with E-state index >= 15 is 0 Å². The quantitative estimate of drug-likeness (QED) is 0.408. The van der Waals surface area contributed by atoms with Gasteiger partial charge in [0.2, 0.25) is 5.72 Å². The van der Waals surface area contributed by atoms with E-state index in [1.54, 1.807) is 0 Å². The number of rotatable bonds is 3. The lowest BCUT2D eigenvalue weighted by Crippen LogP contribution is -2.43. The fraction of sp³-hybridized carbons (Fsp3) is 0.600. The minimum absolute atomic E-state index is 0.603. The zero-order valence-electron chi connectivity index (χ0n) is 10.8. The molecule has 0 amide bonds. The Labute approximate surface area is 116 Å². The van der Waals surface area contributed by atoms with Crippen molar-refractivity contribution in [2.75, 3.05) is 6.61 Å². The molecular formula is C10H12FN5O5. The highest BCUT2D eigenvalue weighted by atomic mass is 19.1. The topological polar surface area (TPSA) is 142 Å². The highest BCUT2D eigenvalue weighted by Gasteiger charge is 2.56. The van der Waals surface area contributed by atoms with E-state index in [-0.39, 0.29) is 0 Å². The Morgan fingerprint density at radius 2 is 2.29 bits per heavy atom. The predicted octanol–water partition coefficient (Wildman–Crippen LogP) is -1.23. The lowest BCUT2D eigenvalue weighted by molar-refractivity contribution is -0.124. The molecule has 0 aromatic carbocycles. The highest BCUT2D eigenvalue weighted by Crippen LogP contribution is 2.39. The molecular weight excluding hydrogens is 289 g/mol. The zero-order valence-corrected chi connectivity index (χ0v) is 10.8. The van der Waals surface area contributed by atoms with E-state index in [1.807, 2.05) is 0 Å². The summed E-state index contributed by atoms with van der Waals surface area (Å²) in [6, 6.07) is 1.01. The number of alkyl halides is 1. The third kappa shape index (κ3) is 2.21. The lowest BCUT2D eigenvalue weighted by Gasteiger charge is -2.23. The van der Waals surface area contributed by atoms with Crippen LogP contribution in [-0.4, -0.2) is 44.0 Å². The van der Waals surface area contributed by atoms with E-state index in [1.165, 1.54) is 7.05 Å². The van der Waals surface area contributed by atoms with Gasteiger partial charge in [0.15, 0.2) is 12.4 Å². The van der Waals surface area contributed by atoms with Crippen LogP contribution >= 0.6 is 0 Å². The average Bonchev–Trinajstić information content (AvgIpc) is 2.71. The van der Waals surface area contributed by atoms with Crippen LogP contribution in [0.1, 0.15) is 6.23 Å². The average molecular weight is 301 g/mol. The normalized spacial score (nSPS) is 31.9. The smallest absolute Gasteiger partial charge is 0.332 e. The molecule has 1 aromatic rings. The minimum Gasteiger partial charge on any atom is -0.393 e. The molecule has 0 spiro atoms. The van der Waals surface area contributed by atoms with Gasteiger partial charge in [-0.15, -0.1) is 0 Å². The highest BCUT2D eigenvalue weighted by molar-refractivity contribution is 5.01. The van der Waals surface area contributed by atoms with Gasteiger partial charge < -0.3 is 14.9 Å². The fourth-order valence-corrected chi connectivity index (χ4v) is 2.06. The van der Waals surface area contributed by atoms with Crippen molar-refractivity contribution in [3.8, 4) is 0 Å². The Morgan fingerprint density at radius 3 is 2.86 bits per heavy atom. The third-order valence-electron chi connectivity index (χ3n) is 3.29. The molecule has 1 aliphatic heterocycles. The van der Waals surface area contributed by atoms with E-state index in [9.17, 15) is 24.2 Å². The first-order valence-corrected chi connectivity index (χ1v) is 5.83. The molecule has 0 unspecified atom stereocenters. The molecule has 2 heterocycles. The molecule has 1 aliphatic rings. The zero-order chi connectivity index (χ0) is 15.8. The van der Waals surface area contributed by atoms with Gasteiger partial charge >= 0.3 is 5.69 Å². The molecule has 11 heteroatoms. The second-order valence-corrected chi connectivity index (χ2v) is 4.49. The van der Waals surface area contributed by atoms with Crippen molar-refractivity contribution in [2.24, 2.45) is 12.2 Å². The number of hydrogen-bond acceptors (Lipinski definition) is 6. The molecule has 114 valence electrons. The second-order valence-electron chi connectivity index (χ2n) is 4.49. The number of hydrogen-bond donors (Lipinski definition) is 2. The van der Waals surface area contributed by atoms with Crippen molar-refractivity contribution < 1.29 is 19.3 Å². The molecule has 10 nitrogen and oxygen atoms in total. The summed E-state index contributed by atoms with van der Waals surface area (Å²) in [6.45, 7) is -0.977. The SMILES string of the molecule is Cn1c(=O)ccn([C@@H]2O[C@@](CO)(N=[N+]=[N-])[C@@H](O)[C@@H]2F)c1=O. The first-order chi connectivity index (χ1) is 9.88. The van der Waals surface area contributed by atoms with E-state index in [2.05, 4.69) is 10.0 Å². The van der Waals surface area contributed by atoms with Gasteiger partial charge in [-0.05, 0) is 5.53 Å². The van der Waals surface area contributed by atoms with E-state index < -0.39 is 42.1 Å². The van der Waals surface area contributed by atoms with Gasteiger partial charge in [0.1, 0.15) is 6.10 Å². The molecule has 0 bridgehead atoms. The number of aliphatic hydroxyl groups excluding tert-OH is 2. The molecule has 0 radical (unpaired) electrons.